The monoisotopic (exact) mass is 449 g/mol. The second kappa shape index (κ2) is 9.57. The fourth-order valence-electron chi connectivity index (χ4n) is 3.13. The molecule has 6 nitrogen and oxygen atoms in total. The highest BCUT2D eigenvalue weighted by Gasteiger charge is 2.20. The van der Waals surface area contributed by atoms with Crippen molar-refractivity contribution in [2.75, 3.05) is 19.1 Å². The Morgan fingerprint density at radius 1 is 1.09 bits per heavy atom. The number of benzene rings is 2. The Morgan fingerprint density at radius 2 is 1.94 bits per heavy atom. The number of carbonyl (C=O) groups is 1. The van der Waals surface area contributed by atoms with E-state index >= 15 is 0 Å². The fourth-order valence-corrected chi connectivity index (χ4v) is 4.11. The van der Waals surface area contributed by atoms with Gasteiger partial charge in [0, 0.05) is 12.3 Å². The third-order valence-electron chi connectivity index (χ3n) is 4.73. The van der Waals surface area contributed by atoms with E-state index in [-0.39, 0.29) is 18.0 Å². The molecule has 32 heavy (non-hydrogen) atoms. The third-order valence-corrected chi connectivity index (χ3v) is 5.77. The number of methoxy groups -OCH3 is 2. The van der Waals surface area contributed by atoms with Gasteiger partial charge in [-0.25, -0.2) is 9.37 Å². The van der Waals surface area contributed by atoms with Crippen LogP contribution in [0, 0.1) is 5.82 Å². The Kier molecular flexibility index (Phi) is 6.42. The van der Waals surface area contributed by atoms with Gasteiger partial charge in [0.15, 0.2) is 16.6 Å². The van der Waals surface area contributed by atoms with Gasteiger partial charge in [0.2, 0.25) is 0 Å². The number of carbonyl (C=O) groups excluding carboxylic acids is 1. The first-order valence-corrected chi connectivity index (χ1v) is 10.6. The number of anilines is 1. The number of thiazole rings is 1. The molecular formula is C24H20FN3O3S. The normalized spacial score (nSPS) is 11.1. The number of halogens is 1. The lowest BCUT2D eigenvalue weighted by atomic mass is 10.2. The molecule has 1 amide bonds. The first kappa shape index (κ1) is 21.5. The van der Waals surface area contributed by atoms with Gasteiger partial charge in [0.1, 0.15) is 11.3 Å². The minimum Gasteiger partial charge on any atom is -0.493 e. The van der Waals surface area contributed by atoms with Crippen molar-refractivity contribution in [2.45, 2.75) is 6.54 Å². The van der Waals surface area contributed by atoms with Gasteiger partial charge in [0.25, 0.3) is 5.91 Å². The van der Waals surface area contributed by atoms with Crippen LogP contribution in [0.5, 0.6) is 11.5 Å². The average molecular weight is 450 g/mol. The first-order valence-electron chi connectivity index (χ1n) is 9.75. The summed E-state index contributed by atoms with van der Waals surface area (Å²) in [5, 5.41) is 0.401. The summed E-state index contributed by atoms with van der Waals surface area (Å²) in [6.07, 6.45) is 4.80. The molecule has 0 bridgehead atoms. The molecule has 2 aromatic carbocycles. The number of hydrogen-bond donors (Lipinski definition) is 0. The average Bonchev–Trinajstić information content (AvgIpc) is 3.27. The Morgan fingerprint density at radius 3 is 2.66 bits per heavy atom. The zero-order valence-corrected chi connectivity index (χ0v) is 18.3. The maximum atomic E-state index is 14.2. The molecule has 8 heteroatoms. The van der Waals surface area contributed by atoms with Crippen LogP contribution in [0.2, 0.25) is 0 Å². The Balaban J connectivity index is 1.66. The van der Waals surface area contributed by atoms with Gasteiger partial charge in [-0.2, -0.15) is 0 Å². The third kappa shape index (κ3) is 4.60. The lowest BCUT2D eigenvalue weighted by Crippen LogP contribution is -2.29. The number of aromatic nitrogens is 2. The van der Waals surface area contributed by atoms with Crippen molar-refractivity contribution >= 4 is 38.7 Å². The number of pyridine rings is 1. The van der Waals surface area contributed by atoms with Crippen molar-refractivity contribution in [1.82, 2.24) is 9.97 Å². The number of amides is 1. The molecule has 162 valence electrons. The summed E-state index contributed by atoms with van der Waals surface area (Å²) in [5.41, 5.74) is 1.71. The molecule has 0 spiro atoms. The molecule has 0 fully saturated rings. The van der Waals surface area contributed by atoms with Gasteiger partial charge >= 0.3 is 0 Å². The summed E-state index contributed by atoms with van der Waals surface area (Å²) < 4.78 is 25.4. The lowest BCUT2D eigenvalue weighted by Gasteiger charge is -2.17. The number of rotatable bonds is 7. The maximum Gasteiger partial charge on any atom is 0.253 e. The van der Waals surface area contributed by atoms with Crippen molar-refractivity contribution in [3.8, 4) is 11.5 Å². The second-order valence-corrected chi connectivity index (χ2v) is 7.79. The van der Waals surface area contributed by atoms with Gasteiger partial charge in [-0.3, -0.25) is 14.7 Å². The summed E-state index contributed by atoms with van der Waals surface area (Å²) in [5.74, 6) is 0.444. The minimum atomic E-state index is -0.420. The van der Waals surface area contributed by atoms with Crippen molar-refractivity contribution < 1.29 is 18.7 Å². The Hall–Kier alpha value is -3.78. The molecule has 0 saturated heterocycles. The van der Waals surface area contributed by atoms with Crippen LogP contribution in [0.4, 0.5) is 9.52 Å². The van der Waals surface area contributed by atoms with Crippen LogP contribution in [0.15, 0.2) is 66.9 Å². The predicted molar refractivity (Wildman–Crippen MR) is 124 cm³/mol. The number of para-hydroxylation sites is 1. The molecule has 0 aliphatic heterocycles. The molecule has 0 atom stereocenters. The summed E-state index contributed by atoms with van der Waals surface area (Å²) in [7, 11) is 3.12. The standard InChI is InChI=1S/C24H20FN3O3S/c1-30-19-11-9-16(14-20(19)31-2)10-12-22(29)28(15-17-6-3-4-13-26-17)24-27-23-18(25)7-5-8-21(23)32-24/h3-14H,15H2,1-2H3. The molecule has 2 aromatic heterocycles. The van der Waals surface area contributed by atoms with Gasteiger partial charge in [-0.05, 0) is 48.0 Å². The Bertz CT molecular complexity index is 1270. The van der Waals surface area contributed by atoms with Gasteiger partial charge in [-0.1, -0.05) is 29.5 Å². The van der Waals surface area contributed by atoms with Gasteiger partial charge in [-0.15, -0.1) is 0 Å². The van der Waals surface area contributed by atoms with Crippen molar-refractivity contribution in [1.29, 1.82) is 0 Å². The van der Waals surface area contributed by atoms with Crippen LogP contribution in [0.3, 0.4) is 0 Å². The molecule has 0 unspecified atom stereocenters. The quantitative estimate of drug-likeness (QED) is 0.368. The lowest BCUT2D eigenvalue weighted by molar-refractivity contribution is -0.114. The van der Waals surface area contributed by atoms with Crippen LogP contribution in [0.1, 0.15) is 11.3 Å². The molecule has 0 aliphatic rings. The highest BCUT2D eigenvalue weighted by molar-refractivity contribution is 7.22. The largest absolute Gasteiger partial charge is 0.493 e. The summed E-state index contributed by atoms with van der Waals surface area (Å²) >= 11 is 1.26. The zero-order chi connectivity index (χ0) is 22.5. The second-order valence-electron chi connectivity index (χ2n) is 6.78. The summed E-state index contributed by atoms with van der Waals surface area (Å²) in [4.78, 5) is 23.4. The van der Waals surface area contributed by atoms with E-state index in [0.717, 1.165) is 5.56 Å². The molecule has 2 heterocycles. The molecular weight excluding hydrogens is 429 g/mol. The molecule has 4 aromatic rings. The van der Waals surface area contributed by atoms with E-state index in [2.05, 4.69) is 9.97 Å². The van der Waals surface area contributed by atoms with Crippen molar-refractivity contribution in [3.63, 3.8) is 0 Å². The molecule has 0 aliphatic carbocycles. The number of hydrogen-bond acceptors (Lipinski definition) is 6. The SMILES string of the molecule is COc1ccc(C=CC(=O)N(Cc2ccccn2)c2nc3c(F)cccc3s2)cc1OC. The first-order chi connectivity index (χ1) is 15.6. The van der Waals surface area contributed by atoms with E-state index in [9.17, 15) is 9.18 Å². The van der Waals surface area contributed by atoms with Crippen LogP contribution in [-0.2, 0) is 11.3 Å². The van der Waals surface area contributed by atoms with Crippen LogP contribution < -0.4 is 14.4 Å². The highest BCUT2D eigenvalue weighted by Crippen LogP contribution is 2.32. The van der Waals surface area contributed by atoms with Crippen LogP contribution >= 0.6 is 11.3 Å². The van der Waals surface area contributed by atoms with Crippen LogP contribution in [0.25, 0.3) is 16.3 Å². The molecule has 4 rings (SSSR count). The van der Waals surface area contributed by atoms with Crippen molar-refractivity contribution in [3.05, 3.63) is 83.9 Å². The minimum absolute atomic E-state index is 0.206. The number of ether oxygens (including phenoxy) is 2. The molecule has 0 N–H and O–H groups in total. The summed E-state index contributed by atoms with van der Waals surface area (Å²) in [6, 6.07) is 15.6. The topological polar surface area (TPSA) is 64.5 Å². The highest BCUT2D eigenvalue weighted by atomic mass is 32.1. The maximum absolute atomic E-state index is 14.2. The van der Waals surface area contributed by atoms with Crippen LogP contribution in [-0.4, -0.2) is 30.1 Å². The Labute approximate surface area is 188 Å². The van der Waals surface area contributed by atoms with E-state index in [1.54, 1.807) is 56.8 Å². The fraction of sp³-hybridized carbons (Fsp3) is 0.125. The van der Waals surface area contributed by atoms with Gasteiger partial charge < -0.3 is 9.47 Å². The van der Waals surface area contributed by atoms with E-state index in [1.807, 2.05) is 18.2 Å². The number of nitrogens with zero attached hydrogens (tertiary/aromatic N) is 3. The number of fused-ring (bicyclic) bond motifs is 1. The van der Waals surface area contributed by atoms with E-state index in [4.69, 9.17) is 9.47 Å². The smallest absolute Gasteiger partial charge is 0.253 e. The zero-order valence-electron chi connectivity index (χ0n) is 17.5. The molecule has 0 radical (unpaired) electrons. The van der Waals surface area contributed by atoms with E-state index in [1.165, 1.54) is 28.4 Å². The van der Waals surface area contributed by atoms with E-state index in [0.29, 0.717) is 27.0 Å². The van der Waals surface area contributed by atoms with Crippen molar-refractivity contribution in [2.24, 2.45) is 0 Å². The summed E-state index contributed by atoms with van der Waals surface area (Å²) in [6.45, 7) is 0.206. The molecule has 0 saturated carbocycles. The van der Waals surface area contributed by atoms with E-state index < -0.39 is 5.82 Å². The predicted octanol–water partition coefficient (Wildman–Crippen LogP) is 5.09. The van der Waals surface area contributed by atoms with Gasteiger partial charge in [0.05, 0.1) is 31.2 Å².